The van der Waals surface area contributed by atoms with Gasteiger partial charge in [-0.1, -0.05) is 25.4 Å². The first kappa shape index (κ1) is 12.8. The monoisotopic (exact) mass is 257 g/mol. The first-order valence-electron chi connectivity index (χ1n) is 6.27. The first-order chi connectivity index (χ1) is 7.72. The molecule has 0 aromatic carbocycles. The molecule has 2 fully saturated rings. The molecule has 1 aliphatic carbocycles. The molecule has 0 radical (unpaired) electrons. The predicted octanol–water partition coefficient (Wildman–Crippen LogP) is 2.26. The molecule has 2 heterocycles. The SMILES string of the molecule is CC(C)c1noc(C23CCCC2CNC3)n1.Cl. The average Bonchev–Trinajstić information content (AvgIpc) is 2.91. The highest BCUT2D eigenvalue weighted by Gasteiger charge is 2.51. The summed E-state index contributed by atoms with van der Waals surface area (Å²) in [6.07, 6.45) is 3.79. The van der Waals surface area contributed by atoms with Crippen LogP contribution in [0.2, 0.25) is 0 Å². The Morgan fingerprint density at radius 2 is 2.29 bits per heavy atom. The van der Waals surface area contributed by atoms with E-state index in [1.807, 2.05) is 0 Å². The van der Waals surface area contributed by atoms with E-state index in [4.69, 9.17) is 4.52 Å². The molecule has 0 amide bonds. The molecule has 2 aliphatic rings. The molecule has 5 heteroatoms. The van der Waals surface area contributed by atoms with Gasteiger partial charge in [-0.2, -0.15) is 4.98 Å². The van der Waals surface area contributed by atoms with Gasteiger partial charge in [0, 0.05) is 12.5 Å². The number of fused-ring (bicyclic) bond motifs is 1. The zero-order valence-electron chi connectivity index (χ0n) is 10.4. The summed E-state index contributed by atoms with van der Waals surface area (Å²) < 4.78 is 5.51. The molecule has 96 valence electrons. The van der Waals surface area contributed by atoms with Crippen molar-refractivity contribution in [3.05, 3.63) is 11.7 Å². The van der Waals surface area contributed by atoms with E-state index < -0.39 is 0 Å². The summed E-state index contributed by atoms with van der Waals surface area (Å²) in [5.74, 6) is 2.78. The maximum atomic E-state index is 5.51. The van der Waals surface area contributed by atoms with E-state index in [9.17, 15) is 0 Å². The Bertz CT molecular complexity index is 381. The molecular weight excluding hydrogens is 238 g/mol. The summed E-state index contributed by atoms with van der Waals surface area (Å²) in [6, 6.07) is 0. The van der Waals surface area contributed by atoms with Crippen molar-refractivity contribution < 1.29 is 4.52 Å². The van der Waals surface area contributed by atoms with Crippen LogP contribution in [0.1, 0.15) is 50.7 Å². The minimum atomic E-state index is 0. The smallest absolute Gasteiger partial charge is 0.234 e. The van der Waals surface area contributed by atoms with Crippen LogP contribution in [-0.2, 0) is 5.41 Å². The molecule has 2 unspecified atom stereocenters. The van der Waals surface area contributed by atoms with Crippen LogP contribution in [0.15, 0.2) is 4.52 Å². The molecule has 1 saturated carbocycles. The lowest BCUT2D eigenvalue weighted by molar-refractivity contribution is 0.264. The van der Waals surface area contributed by atoms with E-state index in [1.165, 1.54) is 19.3 Å². The van der Waals surface area contributed by atoms with Crippen LogP contribution in [0.4, 0.5) is 0 Å². The fraction of sp³-hybridized carbons (Fsp3) is 0.833. The third-order valence-electron chi connectivity index (χ3n) is 4.17. The van der Waals surface area contributed by atoms with Gasteiger partial charge in [0.1, 0.15) is 0 Å². The number of nitrogens with one attached hydrogen (secondary N) is 1. The Balaban J connectivity index is 0.00000108. The molecule has 1 aromatic heterocycles. The van der Waals surface area contributed by atoms with Crippen LogP contribution < -0.4 is 5.32 Å². The van der Waals surface area contributed by atoms with Crippen molar-refractivity contribution in [2.75, 3.05) is 13.1 Å². The number of aromatic nitrogens is 2. The maximum absolute atomic E-state index is 5.51. The second-order valence-electron chi connectivity index (χ2n) is 5.49. The van der Waals surface area contributed by atoms with Crippen molar-refractivity contribution in [2.24, 2.45) is 5.92 Å². The van der Waals surface area contributed by atoms with Crippen molar-refractivity contribution in [1.82, 2.24) is 15.5 Å². The number of hydrogen-bond acceptors (Lipinski definition) is 4. The van der Waals surface area contributed by atoms with Gasteiger partial charge in [-0.15, -0.1) is 12.4 Å². The van der Waals surface area contributed by atoms with E-state index in [0.717, 1.165) is 24.8 Å². The fourth-order valence-electron chi connectivity index (χ4n) is 3.17. The highest BCUT2D eigenvalue weighted by molar-refractivity contribution is 5.85. The quantitative estimate of drug-likeness (QED) is 0.883. The molecule has 1 aromatic rings. The summed E-state index contributed by atoms with van der Waals surface area (Å²) in [5.41, 5.74) is 0.153. The molecule has 4 nitrogen and oxygen atoms in total. The number of nitrogens with zero attached hydrogens (tertiary/aromatic N) is 2. The van der Waals surface area contributed by atoms with Crippen molar-refractivity contribution in [2.45, 2.75) is 44.4 Å². The van der Waals surface area contributed by atoms with Gasteiger partial charge < -0.3 is 9.84 Å². The Labute approximate surface area is 108 Å². The van der Waals surface area contributed by atoms with E-state index in [-0.39, 0.29) is 17.8 Å². The normalized spacial score (nSPS) is 31.6. The standard InChI is InChI=1S/C12H19N3O.ClH/c1-8(2)10-14-11(16-15-10)12-5-3-4-9(12)6-13-7-12;/h8-9,13H,3-7H2,1-2H3;1H. The van der Waals surface area contributed by atoms with Crippen molar-refractivity contribution >= 4 is 12.4 Å². The topological polar surface area (TPSA) is 51.0 Å². The van der Waals surface area contributed by atoms with Gasteiger partial charge >= 0.3 is 0 Å². The summed E-state index contributed by atoms with van der Waals surface area (Å²) in [6.45, 7) is 6.33. The third kappa shape index (κ3) is 1.87. The minimum Gasteiger partial charge on any atom is -0.339 e. The van der Waals surface area contributed by atoms with Crippen LogP contribution in [0, 0.1) is 5.92 Å². The lowest BCUT2D eigenvalue weighted by atomic mass is 9.80. The molecule has 3 rings (SSSR count). The van der Waals surface area contributed by atoms with E-state index in [0.29, 0.717) is 11.8 Å². The number of hydrogen-bond donors (Lipinski definition) is 1. The second kappa shape index (κ2) is 4.58. The summed E-state index contributed by atoms with van der Waals surface area (Å²) in [5, 5.41) is 7.58. The van der Waals surface area contributed by atoms with Gasteiger partial charge in [-0.05, 0) is 25.3 Å². The van der Waals surface area contributed by atoms with Crippen molar-refractivity contribution in [1.29, 1.82) is 0 Å². The highest BCUT2D eigenvalue weighted by atomic mass is 35.5. The predicted molar refractivity (Wildman–Crippen MR) is 67.5 cm³/mol. The lowest BCUT2D eigenvalue weighted by Gasteiger charge is -2.22. The highest BCUT2D eigenvalue weighted by Crippen LogP contribution is 2.47. The van der Waals surface area contributed by atoms with Crippen LogP contribution in [0.25, 0.3) is 0 Å². The average molecular weight is 258 g/mol. The lowest BCUT2D eigenvalue weighted by Crippen LogP contribution is -2.31. The van der Waals surface area contributed by atoms with Gasteiger partial charge in [-0.25, -0.2) is 0 Å². The second-order valence-corrected chi connectivity index (χ2v) is 5.49. The summed E-state index contributed by atoms with van der Waals surface area (Å²) in [7, 11) is 0. The molecule has 0 spiro atoms. The molecule has 1 aliphatic heterocycles. The summed E-state index contributed by atoms with van der Waals surface area (Å²) in [4.78, 5) is 4.61. The van der Waals surface area contributed by atoms with Crippen LogP contribution >= 0.6 is 12.4 Å². The molecule has 1 saturated heterocycles. The zero-order chi connectivity index (χ0) is 11.2. The number of rotatable bonds is 2. The Kier molecular flexibility index (Phi) is 3.46. The van der Waals surface area contributed by atoms with Gasteiger partial charge in [-0.3, -0.25) is 0 Å². The van der Waals surface area contributed by atoms with E-state index >= 15 is 0 Å². The number of halogens is 1. The van der Waals surface area contributed by atoms with Gasteiger partial charge in [0.15, 0.2) is 5.82 Å². The van der Waals surface area contributed by atoms with Crippen molar-refractivity contribution in [3.8, 4) is 0 Å². The van der Waals surface area contributed by atoms with Crippen LogP contribution in [0.5, 0.6) is 0 Å². The van der Waals surface area contributed by atoms with Gasteiger partial charge in [0.05, 0.1) is 5.41 Å². The Hall–Kier alpha value is -0.610. The first-order valence-corrected chi connectivity index (χ1v) is 6.27. The molecule has 2 atom stereocenters. The molecular formula is C12H20ClN3O. The maximum Gasteiger partial charge on any atom is 0.234 e. The molecule has 0 bridgehead atoms. The van der Waals surface area contributed by atoms with Gasteiger partial charge in [0.25, 0.3) is 0 Å². The largest absolute Gasteiger partial charge is 0.339 e. The fourth-order valence-corrected chi connectivity index (χ4v) is 3.17. The zero-order valence-corrected chi connectivity index (χ0v) is 11.2. The third-order valence-corrected chi connectivity index (χ3v) is 4.17. The Morgan fingerprint density at radius 1 is 1.47 bits per heavy atom. The summed E-state index contributed by atoms with van der Waals surface area (Å²) >= 11 is 0. The minimum absolute atomic E-state index is 0. The Morgan fingerprint density at radius 3 is 3.00 bits per heavy atom. The van der Waals surface area contributed by atoms with Gasteiger partial charge in [0.2, 0.25) is 5.89 Å². The van der Waals surface area contributed by atoms with Crippen LogP contribution in [-0.4, -0.2) is 23.2 Å². The molecule has 17 heavy (non-hydrogen) atoms. The van der Waals surface area contributed by atoms with Crippen molar-refractivity contribution in [3.63, 3.8) is 0 Å². The molecule has 1 N–H and O–H groups in total. The van der Waals surface area contributed by atoms with Crippen LogP contribution in [0.3, 0.4) is 0 Å². The van der Waals surface area contributed by atoms with E-state index in [2.05, 4.69) is 29.3 Å². The van der Waals surface area contributed by atoms with E-state index in [1.54, 1.807) is 0 Å².